The molecule has 2 N–H and O–H groups in total. The van der Waals surface area contributed by atoms with E-state index < -0.39 is 0 Å². The summed E-state index contributed by atoms with van der Waals surface area (Å²) in [6.07, 6.45) is 2.94. The Kier molecular flexibility index (Phi) is 2.14. The van der Waals surface area contributed by atoms with Crippen molar-refractivity contribution in [1.82, 2.24) is 10.2 Å². The van der Waals surface area contributed by atoms with E-state index in [0.29, 0.717) is 12.6 Å². The lowest BCUT2D eigenvalue weighted by molar-refractivity contribution is 0.450. The summed E-state index contributed by atoms with van der Waals surface area (Å²) in [7, 11) is 0. The average Bonchev–Trinajstić information content (AvgIpc) is 2.03. The highest BCUT2D eigenvalue weighted by Crippen LogP contribution is 2.23. The molecule has 0 aromatic carbocycles. The summed E-state index contributed by atoms with van der Waals surface area (Å²) in [5, 5.41) is 8.00. The van der Waals surface area contributed by atoms with Gasteiger partial charge in [0.15, 0.2) is 5.82 Å². The van der Waals surface area contributed by atoms with Crippen molar-refractivity contribution in [3.05, 3.63) is 17.8 Å². The molecule has 2 rings (SSSR count). The van der Waals surface area contributed by atoms with Gasteiger partial charge < -0.3 is 10.6 Å². The molecule has 4 nitrogen and oxygen atoms in total. The van der Waals surface area contributed by atoms with Crippen molar-refractivity contribution in [2.24, 2.45) is 5.73 Å². The zero-order valence-electron chi connectivity index (χ0n) is 7.77. The summed E-state index contributed by atoms with van der Waals surface area (Å²) in [4.78, 5) is 2.21. The lowest BCUT2D eigenvalue weighted by atomic mass is 10.0. The number of hydrogen-bond donors (Lipinski definition) is 1. The molecule has 0 aliphatic carbocycles. The summed E-state index contributed by atoms with van der Waals surface area (Å²) < 4.78 is 0. The van der Waals surface area contributed by atoms with Crippen LogP contribution in [0.3, 0.4) is 0 Å². The summed E-state index contributed by atoms with van der Waals surface area (Å²) in [6.45, 7) is 3.78. The van der Waals surface area contributed by atoms with Gasteiger partial charge in [-0.1, -0.05) is 0 Å². The Morgan fingerprint density at radius 1 is 1.69 bits per heavy atom. The Balaban J connectivity index is 2.16. The topological polar surface area (TPSA) is 55.0 Å². The van der Waals surface area contributed by atoms with Crippen molar-refractivity contribution in [3.63, 3.8) is 0 Å². The van der Waals surface area contributed by atoms with E-state index in [2.05, 4.69) is 21.2 Å². The van der Waals surface area contributed by atoms with Gasteiger partial charge in [0.2, 0.25) is 0 Å². The Bertz CT molecular complexity index is 297. The zero-order chi connectivity index (χ0) is 9.26. The van der Waals surface area contributed by atoms with Crippen LogP contribution in [-0.2, 0) is 0 Å². The van der Waals surface area contributed by atoms with Gasteiger partial charge in [-0.3, -0.25) is 0 Å². The fourth-order valence-electron chi connectivity index (χ4n) is 1.58. The highest BCUT2D eigenvalue weighted by Gasteiger charge is 2.27. The normalized spacial score (nSPS) is 21.4. The molecule has 0 radical (unpaired) electrons. The number of aromatic nitrogens is 2. The number of anilines is 1. The fourth-order valence-corrected chi connectivity index (χ4v) is 1.58. The molecular formula is C9H14N4. The first-order chi connectivity index (χ1) is 6.31. The van der Waals surface area contributed by atoms with Crippen LogP contribution in [0.5, 0.6) is 0 Å². The van der Waals surface area contributed by atoms with Crippen LogP contribution in [0.4, 0.5) is 5.82 Å². The van der Waals surface area contributed by atoms with Crippen molar-refractivity contribution < 1.29 is 0 Å². The van der Waals surface area contributed by atoms with E-state index >= 15 is 0 Å². The van der Waals surface area contributed by atoms with Crippen LogP contribution in [0.15, 0.2) is 12.3 Å². The van der Waals surface area contributed by atoms with Crippen molar-refractivity contribution in [2.75, 3.05) is 18.0 Å². The Morgan fingerprint density at radius 2 is 2.54 bits per heavy atom. The quantitative estimate of drug-likeness (QED) is 0.708. The highest BCUT2D eigenvalue weighted by molar-refractivity contribution is 5.43. The molecule has 1 aliphatic rings. The van der Waals surface area contributed by atoms with Gasteiger partial charge in [0, 0.05) is 19.1 Å². The maximum Gasteiger partial charge on any atom is 0.151 e. The molecule has 1 fully saturated rings. The molecule has 0 amide bonds. The van der Waals surface area contributed by atoms with Crippen LogP contribution < -0.4 is 10.6 Å². The maximum absolute atomic E-state index is 5.61. The molecule has 1 saturated heterocycles. The third-order valence-electron chi connectivity index (χ3n) is 2.49. The second-order valence-electron chi connectivity index (χ2n) is 3.46. The predicted molar refractivity (Wildman–Crippen MR) is 51.6 cm³/mol. The number of nitrogens with two attached hydrogens (primary N) is 1. The van der Waals surface area contributed by atoms with Gasteiger partial charge in [-0.05, 0) is 25.0 Å². The molecule has 1 aliphatic heterocycles. The smallest absolute Gasteiger partial charge is 0.151 e. The number of nitrogens with zero attached hydrogens (tertiary/aromatic N) is 3. The number of rotatable bonds is 2. The lowest BCUT2D eigenvalue weighted by Gasteiger charge is -2.41. The number of aryl methyl sites for hydroxylation is 1. The summed E-state index contributed by atoms with van der Waals surface area (Å²) in [6, 6.07) is 2.52. The van der Waals surface area contributed by atoms with Gasteiger partial charge in [0.05, 0.1) is 6.20 Å². The van der Waals surface area contributed by atoms with Crippen LogP contribution in [0, 0.1) is 6.92 Å². The van der Waals surface area contributed by atoms with Crippen LogP contribution in [0.2, 0.25) is 0 Å². The summed E-state index contributed by atoms with van der Waals surface area (Å²) >= 11 is 0. The monoisotopic (exact) mass is 178 g/mol. The molecule has 2 heterocycles. The second kappa shape index (κ2) is 3.30. The molecule has 1 aromatic rings. The fraction of sp³-hybridized carbons (Fsp3) is 0.556. The van der Waals surface area contributed by atoms with Crippen molar-refractivity contribution in [3.8, 4) is 0 Å². The minimum Gasteiger partial charge on any atom is -0.351 e. The zero-order valence-corrected chi connectivity index (χ0v) is 7.77. The second-order valence-corrected chi connectivity index (χ2v) is 3.46. The van der Waals surface area contributed by atoms with Gasteiger partial charge in [-0.2, -0.15) is 5.10 Å². The van der Waals surface area contributed by atoms with Crippen molar-refractivity contribution in [2.45, 2.75) is 19.4 Å². The van der Waals surface area contributed by atoms with E-state index in [1.165, 1.54) is 6.42 Å². The SMILES string of the molecule is Cc1cnnc(N2CCC2CN)c1. The third kappa shape index (κ3) is 1.49. The van der Waals surface area contributed by atoms with E-state index in [9.17, 15) is 0 Å². The van der Waals surface area contributed by atoms with E-state index in [1.54, 1.807) is 6.20 Å². The molecule has 1 aromatic heterocycles. The highest BCUT2D eigenvalue weighted by atomic mass is 15.3. The molecule has 13 heavy (non-hydrogen) atoms. The van der Waals surface area contributed by atoms with Crippen LogP contribution in [0.1, 0.15) is 12.0 Å². The molecular weight excluding hydrogens is 164 g/mol. The molecule has 0 saturated carbocycles. The van der Waals surface area contributed by atoms with Gasteiger partial charge in [0.25, 0.3) is 0 Å². The van der Waals surface area contributed by atoms with E-state index in [1.807, 2.05) is 6.92 Å². The van der Waals surface area contributed by atoms with Crippen molar-refractivity contribution >= 4 is 5.82 Å². The Hall–Kier alpha value is -1.16. The van der Waals surface area contributed by atoms with E-state index in [4.69, 9.17) is 5.73 Å². The van der Waals surface area contributed by atoms with Crippen LogP contribution in [-0.4, -0.2) is 29.3 Å². The minimum absolute atomic E-state index is 0.469. The first kappa shape index (κ1) is 8.44. The van der Waals surface area contributed by atoms with E-state index in [0.717, 1.165) is 17.9 Å². The molecule has 1 unspecified atom stereocenters. The molecule has 4 heteroatoms. The first-order valence-electron chi connectivity index (χ1n) is 4.57. The Morgan fingerprint density at radius 3 is 3.08 bits per heavy atom. The van der Waals surface area contributed by atoms with Gasteiger partial charge in [0.1, 0.15) is 0 Å². The van der Waals surface area contributed by atoms with Gasteiger partial charge in [-0.15, -0.1) is 5.10 Å². The molecule has 0 spiro atoms. The van der Waals surface area contributed by atoms with Crippen molar-refractivity contribution in [1.29, 1.82) is 0 Å². The Labute approximate surface area is 77.8 Å². The average molecular weight is 178 g/mol. The molecule has 0 bridgehead atoms. The molecule has 1 atom stereocenters. The third-order valence-corrected chi connectivity index (χ3v) is 2.49. The minimum atomic E-state index is 0.469. The van der Waals surface area contributed by atoms with Gasteiger partial charge >= 0.3 is 0 Å². The lowest BCUT2D eigenvalue weighted by Crippen LogP contribution is -2.52. The van der Waals surface area contributed by atoms with Crippen LogP contribution in [0.25, 0.3) is 0 Å². The largest absolute Gasteiger partial charge is 0.351 e. The van der Waals surface area contributed by atoms with E-state index in [-0.39, 0.29) is 0 Å². The van der Waals surface area contributed by atoms with Gasteiger partial charge in [-0.25, -0.2) is 0 Å². The molecule has 70 valence electrons. The first-order valence-corrected chi connectivity index (χ1v) is 4.57. The standard InChI is InChI=1S/C9H14N4/c1-7-4-9(12-11-6-7)13-3-2-8(13)5-10/h4,6,8H,2-3,5,10H2,1H3. The predicted octanol–water partition coefficient (Wildman–Crippen LogP) is 0.322. The number of hydrogen-bond acceptors (Lipinski definition) is 4. The summed E-state index contributed by atoms with van der Waals surface area (Å²) in [5.41, 5.74) is 6.76. The van der Waals surface area contributed by atoms with Crippen LogP contribution >= 0.6 is 0 Å². The summed E-state index contributed by atoms with van der Waals surface area (Å²) in [5.74, 6) is 0.960. The maximum atomic E-state index is 5.61.